The summed E-state index contributed by atoms with van der Waals surface area (Å²) in [5.74, 6) is -0.589. The van der Waals surface area contributed by atoms with Crippen LogP contribution in [0.5, 0.6) is 0 Å². The molecule has 0 saturated carbocycles. The van der Waals surface area contributed by atoms with Gasteiger partial charge in [-0.15, -0.1) is 0 Å². The Labute approximate surface area is 99.3 Å². The summed E-state index contributed by atoms with van der Waals surface area (Å²) in [7, 11) is 3.62. The number of carbonyl (C=O) groups is 1. The van der Waals surface area contributed by atoms with E-state index < -0.39 is 5.82 Å². The van der Waals surface area contributed by atoms with Crippen molar-refractivity contribution < 1.29 is 9.18 Å². The van der Waals surface area contributed by atoms with E-state index in [1.54, 1.807) is 17.2 Å². The molecule has 0 aliphatic rings. The average Bonchev–Trinajstić information content (AvgIpc) is 2.19. The summed E-state index contributed by atoms with van der Waals surface area (Å²) in [5, 5.41) is 0.331. The molecular formula is C12H13ClFNO. The van der Waals surface area contributed by atoms with Crippen LogP contribution in [0.2, 0.25) is 5.02 Å². The molecule has 1 aromatic carbocycles. The van der Waals surface area contributed by atoms with Gasteiger partial charge >= 0.3 is 0 Å². The maximum atomic E-state index is 13.3. The minimum Gasteiger partial charge on any atom is -0.383 e. The molecule has 0 aliphatic carbocycles. The average molecular weight is 242 g/mol. The molecule has 0 bridgehead atoms. The number of hydrogen-bond acceptors (Lipinski definition) is 2. The summed E-state index contributed by atoms with van der Waals surface area (Å²) < 4.78 is 13.3. The highest BCUT2D eigenvalue weighted by Gasteiger charge is 2.06. The van der Waals surface area contributed by atoms with Crippen molar-refractivity contribution in [2.24, 2.45) is 0 Å². The van der Waals surface area contributed by atoms with E-state index in [0.29, 0.717) is 10.6 Å². The predicted octanol–water partition coefficient (Wildman–Crippen LogP) is 2.67. The normalized spacial score (nSPS) is 10.8. The predicted molar refractivity (Wildman–Crippen MR) is 62.9 cm³/mol. The van der Waals surface area contributed by atoms with Gasteiger partial charge in [-0.3, -0.25) is 4.79 Å². The molecule has 0 radical (unpaired) electrons. The number of rotatable bonds is 4. The van der Waals surface area contributed by atoms with Crippen LogP contribution in [0.1, 0.15) is 5.56 Å². The highest BCUT2D eigenvalue weighted by Crippen LogP contribution is 2.15. The summed E-state index contributed by atoms with van der Waals surface area (Å²) in [5.41, 5.74) is 0.359. The van der Waals surface area contributed by atoms with Gasteiger partial charge in [-0.1, -0.05) is 17.7 Å². The number of allylic oxidation sites excluding steroid dienone is 1. The first-order valence-electron chi connectivity index (χ1n) is 4.80. The van der Waals surface area contributed by atoms with Crippen molar-refractivity contribution in [1.82, 2.24) is 4.90 Å². The van der Waals surface area contributed by atoms with Gasteiger partial charge < -0.3 is 4.90 Å². The molecule has 0 atom stereocenters. The topological polar surface area (TPSA) is 20.3 Å². The quantitative estimate of drug-likeness (QED) is 0.756. The molecule has 1 rings (SSSR count). The summed E-state index contributed by atoms with van der Waals surface area (Å²) in [6.45, 7) is 0. The van der Waals surface area contributed by atoms with Crippen LogP contribution < -0.4 is 0 Å². The minimum atomic E-state index is -0.445. The molecule has 0 aliphatic heterocycles. The lowest BCUT2D eigenvalue weighted by molar-refractivity contribution is -0.114. The first-order valence-corrected chi connectivity index (χ1v) is 5.18. The van der Waals surface area contributed by atoms with Crippen molar-refractivity contribution >= 4 is 17.4 Å². The van der Waals surface area contributed by atoms with E-state index in [1.165, 1.54) is 18.2 Å². The Morgan fingerprint density at radius 2 is 2.19 bits per heavy atom. The van der Waals surface area contributed by atoms with Gasteiger partial charge in [-0.25, -0.2) is 4.39 Å². The minimum absolute atomic E-state index is 0.0490. The summed E-state index contributed by atoms with van der Waals surface area (Å²) in [4.78, 5) is 13.2. The van der Waals surface area contributed by atoms with Gasteiger partial charge in [0.15, 0.2) is 5.78 Å². The third kappa shape index (κ3) is 4.03. The van der Waals surface area contributed by atoms with Crippen molar-refractivity contribution in [2.75, 3.05) is 14.1 Å². The van der Waals surface area contributed by atoms with E-state index in [4.69, 9.17) is 11.6 Å². The number of nitrogens with zero attached hydrogens (tertiary/aromatic N) is 1. The highest BCUT2D eigenvalue weighted by molar-refractivity contribution is 6.30. The molecule has 4 heteroatoms. The third-order valence-corrected chi connectivity index (χ3v) is 2.17. The molecule has 0 saturated heterocycles. The van der Waals surface area contributed by atoms with E-state index in [-0.39, 0.29) is 12.2 Å². The third-order valence-electron chi connectivity index (χ3n) is 1.94. The SMILES string of the molecule is CN(C)C=CC(=O)Cc1ccc(Cl)cc1F. The van der Waals surface area contributed by atoms with E-state index in [0.717, 1.165) is 0 Å². The maximum absolute atomic E-state index is 13.3. The molecule has 0 amide bonds. The fraction of sp³-hybridized carbons (Fsp3) is 0.250. The molecule has 0 heterocycles. The lowest BCUT2D eigenvalue weighted by atomic mass is 10.1. The number of carbonyl (C=O) groups excluding carboxylic acids is 1. The van der Waals surface area contributed by atoms with Crippen LogP contribution in [0.25, 0.3) is 0 Å². The molecule has 0 spiro atoms. The van der Waals surface area contributed by atoms with Gasteiger partial charge in [0, 0.05) is 31.7 Å². The maximum Gasteiger partial charge on any atom is 0.161 e. The molecule has 1 aromatic rings. The van der Waals surface area contributed by atoms with Crippen molar-refractivity contribution in [3.63, 3.8) is 0 Å². The second kappa shape index (κ2) is 5.66. The molecule has 0 unspecified atom stereocenters. The zero-order valence-corrected chi connectivity index (χ0v) is 9.96. The van der Waals surface area contributed by atoms with E-state index in [2.05, 4.69) is 0 Å². The van der Waals surface area contributed by atoms with Gasteiger partial charge in [0.2, 0.25) is 0 Å². The molecule has 16 heavy (non-hydrogen) atoms. The first kappa shape index (κ1) is 12.7. The van der Waals surface area contributed by atoms with Gasteiger partial charge in [-0.05, 0) is 23.8 Å². The first-order chi connectivity index (χ1) is 7.49. The van der Waals surface area contributed by atoms with Gasteiger partial charge in [0.1, 0.15) is 5.82 Å². The summed E-state index contributed by atoms with van der Waals surface area (Å²) >= 11 is 5.61. The second-order valence-electron chi connectivity index (χ2n) is 3.66. The summed E-state index contributed by atoms with van der Waals surface area (Å²) in [6.07, 6.45) is 3.11. The fourth-order valence-corrected chi connectivity index (χ4v) is 1.30. The molecule has 2 nitrogen and oxygen atoms in total. The highest BCUT2D eigenvalue weighted by atomic mass is 35.5. The van der Waals surface area contributed by atoms with Crippen LogP contribution in [0, 0.1) is 5.82 Å². The van der Waals surface area contributed by atoms with Gasteiger partial charge in [0.25, 0.3) is 0 Å². The van der Waals surface area contributed by atoms with Crippen LogP contribution in [-0.4, -0.2) is 24.8 Å². The van der Waals surface area contributed by atoms with E-state index in [9.17, 15) is 9.18 Å². The van der Waals surface area contributed by atoms with Gasteiger partial charge in [-0.2, -0.15) is 0 Å². The standard InChI is InChI=1S/C12H13ClFNO/c1-15(2)6-5-11(16)7-9-3-4-10(13)8-12(9)14/h3-6,8H,7H2,1-2H3. The number of benzene rings is 1. The zero-order chi connectivity index (χ0) is 12.1. The lowest BCUT2D eigenvalue weighted by Gasteiger charge is -2.03. The van der Waals surface area contributed by atoms with Crippen LogP contribution in [0.3, 0.4) is 0 Å². The summed E-state index contributed by atoms with van der Waals surface area (Å²) in [6, 6.07) is 4.31. The molecule has 0 N–H and O–H groups in total. The lowest BCUT2D eigenvalue weighted by Crippen LogP contribution is -2.05. The molecule has 0 aromatic heterocycles. The van der Waals surface area contributed by atoms with Crippen molar-refractivity contribution in [3.8, 4) is 0 Å². The molecular weight excluding hydrogens is 229 g/mol. The van der Waals surface area contributed by atoms with Crippen molar-refractivity contribution in [1.29, 1.82) is 0 Å². The number of ketones is 1. The van der Waals surface area contributed by atoms with Crippen LogP contribution in [-0.2, 0) is 11.2 Å². The number of halogens is 2. The second-order valence-corrected chi connectivity index (χ2v) is 4.09. The van der Waals surface area contributed by atoms with Crippen LogP contribution in [0.4, 0.5) is 4.39 Å². The Balaban J connectivity index is 2.70. The zero-order valence-electron chi connectivity index (χ0n) is 9.21. The Bertz CT molecular complexity index is 415. The molecule has 86 valence electrons. The molecule has 0 fully saturated rings. The Morgan fingerprint density at radius 3 is 2.75 bits per heavy atom. The Morgan fingerprint density at radius 1 is 1.50 bits per heavy atom. The van der Waals surface area contributed by atoms with Crippen molar-refractivity contribution in [2.45, 2.75) is 6.42 Å². The fourth-order valence-electron chi connectivity index (χ4n) is 1.14. The van der Waals surface area contributed by atoms with Crippen molar-refractivity contribution in [3.05, 3.63) is 46.9 Å². The van der Waals surface area contributed by atoms with Crippen LogP contribution in [0.15, 0.2) is 30.5 Å². The monoisotopic (exact) mass is 241 g/mol. The van der Waals surface area contributed by atoms with Gasteiger partial charge in [0.05, 0.1) is 0 Å². The number of hydrogen-bond donors (Lipinski definition) is 0. The Hall–Kier alpha value is -1.35. The smallest absolute Gasteiger partial charge is 0.161 e. The Kier molecular flexibility index (Phi) is 4.50. The van der Waals surface area contributed by atoms with E-state index >= 15 is 0 Å². The van der Waals surface area contributed by atoms with Crippen LogP contribution >= 0.6 is 11.6 Å². The van der Waals surface area contributed by atoms with E-state index in [1.807, 2.05) is 14.1 Å². The largest absolute Gasteiger partial charge is 0.383 e.